The quantitative estimate of drug-likeness (QED) is 0.787. The molecule has 0 aliphatic carbocycles. The molecule has 1 unspecified atom stereocenters. The maximum absolute atomic E-state index is 12.6. The Morgan fingerprint density at radius 2 is 2.00 bits per heavy atom. The Bertz CT molecular complexity index is 530. The molecule has 0 radical (unpaired) electrons. The van der Waals surface area contributed by atoms with Crippen molar-refractivity contribution in [1.82, 2.24) is 4.31 Å². The second-order valence-corrected chi connectivity index (χ2v) is 7.85. The SMILES string of the molecule is CC1(C)CN(S(=O)(=O)c2ccccc2)CC(CBr)O1. The summed E-state index contributed by atoms with van der Waals surface area (Å²) in [5, 5.41) is 0.622. The van der Waals surface area contributed by atoms with Crippen LogP contribution in [0.1, 0.15) is 13.8 Å². The summed E-state index contributed by atoms with van der Waals surface area (Å²) in [6.07, 6.45) is -0.123. The summed E-state index contributed by atoms with van der Waals surface area (Å²) in [5.74, 6) is 0. The fourth-order valence-electron chi connectivity index (χ4n) is 2.25. The first kappa shape index (κ1) is 15.0. The summed E-state index contributed by atoms with van der Waals surface area (Å²) in [6.45, 7) is 4.57. The summed E-state index contributed by atoms with van der Waals surface area (Å²) >= 11 is 3.37. The normalized spacial score (nSPS) is 24.3. The molecule has 1 atom stereocenters. The number of rotatable bonds is 3. The van der Waals surface area contributed by atoms with E-state index in [0.29, 0.717) is 23.3 Å². The summed E-state index contributed by atoms with van der Waals surface area (Å²) in [6, 6.07) is 8.53. The van der Waals surface area contributed by atoms with Crippen molar-refractivity contribution >= 4 is 26.0 Å². The zero-order valence-corrected chi connectivity index (χ0v) is 13.4. The second kappa shape index (κ2) is 5.52. The van der Waals surface area contributed by atoms with Gasteiger partial charge < -0.3 is 4.74 Å². The third-order valence-electron chi connectivity index (χ3n) is 3.00. The minimum atomic E-state index is -3.44. The minimum Gasteiger partial charge on any atom is -0.369 e. The van der Waals surface area contributed by atoms with Crippen molar-refractivity contribution in [3.05, 3.63) is 30.3 Å². The predicted molar refractivity (Wildman–Crippen MR) is 77.9 cm³/mol. The molecule has 0 aromatic heterocycles. The molecule has 106 valence electrons. The Kier molecular flexibility index (Phi) is 4.35. The summed E-state index contributed by atoms with van der Waals surface area (Å²) in [5.41, 5.74) is -0.474. The molecule has 1 saturated heterocycles. The van der Waals surface area contributed by atoms with E-state index >= 15 is 0 Å². The molecule has 2 rings (SSSR count). The van der Waals surface area contributed by atoms with E-state index in [2.05, 4.69) is 15.9 Å². The van der Waals surface area contributed by atoms with E-state index in [4.69, 9.17) is 4.74 Å². The number of alkyl halides is 1. The Hall–Kier alpha value is -0.430. The van der Waals surface area contributed by atoms with E-state index in [1.165, 1.54) is 4.31 Å². The zero-order chi connectivity index (χ0) is 14.1. The van der Waals surface area contributed by atoms with Crippen LogP contribution in [0, 0.1) is 0 Å². The van der Waals surface area contributed by atoms with Crippen molar-refractivity contribution < 1.29 is 13.2 Å². The molecular formula is C13H18BrNO3S. The number of hydrogen-bond acceptors (Lipinski definition) is 3. The van der Waals surface area contributed by atoms with Crippen LogP contribution in [0.4, 0.5) is 0 Å². The molecule has 0 N–H and O–H groups in total. The largest absolute Gasteiger partial charge is 0.369 e. The molecular weight excluding hydrogens is 330 g/mol. The Labute approximate surface area is 122 Å². The van der Waals surface area contributed by atoms with Gasteiger partial charge in [0.2, 0.25) is 10.0 Å². The van der Waals surface area contributed by atoms with Gasteiger partial charge in [0.25, 0.3) is 0 Å². The van der Waals surface area contributed by atoms with Crippen LogP contribution in [-0.4, -0.2) is 42.8 Å². The highest BCUT2D eigenvalue weighted by molar-refractivity contribution is 9.09. The number of sulfonamides is 1. The van der Waals surface area contributed by atoms with Crippen molar-refractivity contribution in [3.63, 3.8) is 0 Å². The van der Waals surface area contributed by atoms with Gasteiger partial charge in [0.15, 0.2) is 0 Å². The smallest absolute Gasteiger partial charge is 0.243 e. The standard InChI is InChI=1S/C13H18BrNO3S/c1-13(2)10-15(9-11(8-14)18-13)19(16,17)12-6-4-3-5-7-12/h3-7,11H,8-10H2,1-2H3. The fourth-order valence-corrected chi connectivity index (χ4v) is 4.23. The molecule has 6 heteroatoms. The lowest BCUT2D eigenvalue weighted by Crippen LogP contribution is -2.54. The Morgan fingerprint density at radius 3 is 2.58 bits per heavy atom. The summed E-state index contributed by atoms with van der Waals surface area (Å²) in [7, 11) is -3.44. The molecule has 0 amide bonds. The lowest BCUT2D eigenvalue weighted by Gasteiger charge is -2.41. The Balaban J connectivity index is 2.30. The van der Waals surface area contributed by atoms with Crippen LogP contribution in [0.5, 0.6) is 0 Å². The maximum atomic E-state index is 12.6. The predicted octanol–water partition coefficient (Wildman–Crippen LogP) is 2.25. The van der Waals surface area contributed by atoms with Crippen molar-refractivity contribution in [1.29, 1.82) is 0 Å². The molecule has 1 heterocycles. The van der Waals surface area contributed by atoms with Gasteiger partial charge in [-0.15, -0.1) is 0 Å². The van der Waals surface area contributed by atoms with Gasteiger partial charge >= 0.3 is 0 Å². The molecule has 4 nitrogen and oxygen atoms in total. The topological polar surface area (TPSA) is 46.6 Å². The number of morpholine rings is 1. The van der Waals surface area contributed by atoms with Gasteiger partial charge in [0.05, 0.1) is 16.6 Å². The van der Waals surface area contributed by atoms with E-state index in [1.807, 2.05) is 19.9 Å². The van der Waals surface area contributed by atoms with Crippen LogP contribution in [0.2, 0.25) is 0 Å². The van der Waals surface area contributed by atoms with Crippen LogP contribution in [0.15, 0.2) is 35.2 Å². The van der Waals surface area contributed by atoms with E-state index in [0.717, 1.165) is 0 Å². The van der Waals surface area contributed by atoms with Gasteiger partial charge in [-0.1, -0.05) is 34.1 Å². The number of halogens is 1. The third-order valence-corrected chi connectivity index (χ3v) is 5.55. The van der Waals surface area contributed by atoms with Crippen molar-refractivity contribution in [2.75, 3.05) is 18.4 Å². The van der Waals surface area contributed by atoms with Gasteiger partial charge in [-0.2, -0.15) is 4.31 Å². The molecule has 1 aliphatic heterocycles. The van der Waals surface area contributed by atoms with Crippen molar-refractivity contribution in [2.24, 2.45) is 0 Å². The fraction of sp³-hybridized carbons (Fsp3) is 0.538. The molecule has 0 spiro atoms. The van der Waals surface area contributed by atoms with Crippen molar-refractivity contribution in [3.8, 4) is 0 Å². The van der Waals surface area contributed by atoms with E-state index in [1.54, 1.807) is 24.3 Å². The van der Waals surface area contributed by atoms with Gasteiger partial charge in [-0.05, 0) is 26.0 Å². The first-order chi connectivity index (χ1) is 8.85. The van der Waals surface area contributed by atoms with Crippen LogP contribution in [0.3, 0.4) is 0 Å². The highest BCUT2D eigenvalue weighted by atomic mass is 79.9. The zero-order valence-electron chi connectivity index (χ0n) is 11.0. The van der Waals surface area contributed by atoms with Gasteiger partial charge in [0, 0.05) is 18.4 Å². The maximum Gasteiger partial charge on any atom is 0.243 e. The first-order valence-corrected chi connectivity index (χ1v) is 8.70. The highest BCUT2D eigenvalue weighted by Gasteiger charge is 2.38. The average Bonchev–Trinajstić information content (AvgIpc) is 2.37. The molecule has 1 fully saturated rings. The number of nitrogens with zero attached hydrogens (tertiary/aromatic N) is 1. The third kappa shape index (κ3) is 3.37. The van der Waals surface area contributed by atoms with Crippen molar-refractivity contribution in [2.45, 2.75) is 30.4 Å². The molecule has 0 saturated carbocycles. The van der Waals surface area contributed by atoms with E-state index in [-0.39, 0.29) is 6.10 Å². The van der Waals surface area contributed by atoms with Crippen LogP contribution < -0.4 is 0 Å². The highest BCUT2D eigenvalue weighted by Crippen LogP contribution is 2.26. The Morgan fingerprint density at radius 1 is 1.37 bits per heavy atom. The lowest BCUT2D eigenvalue weighted by atomic mass is 10.1. The number of ether oxygens (including phenoxy) is 1. The molecule has 1 aliphatic rings. The van der Waals surface area contributed by atoms with Crippen LogP contribution in [-0.2, 0) is 14.8 Å². The van der Waals surface area contributed by atoms with E-state index in [9.17, 15) is 8.42 Å². The summed E-state index contributed by atoms with van der Waals surface area (Å²) < 4.78 is 32.5. The lowest BCUT2D eigenvalue weighted by molar-refractivity contribution is -0.106. The molecule has 19 heavy (non-hydrogen) atoms. The second-order valence-electron chi connectivity index (χ2n) is 5.26. The van der Waals surface area contributed by atoms with Crippen LogP contribution in [0.25, 0.3) is 0 Å². The van der Waals surface area contributed by atoms with Crippen LogP contribution >= 0.6 is 15.9 Å². The average molecular weight is 348 g/mol. The molecule has 0 bridgehead atoms. The molecule has 1 aromatic rings. The van der Waals surface area contributed by atoms with Gasteiger partial charge in [-0.25, -0.2) is 8.42 Å². The van der Waals surface area contributed by atoms with Gasteiger partial charge in [0.1, 0.15) is 0 Å². The first-order valence-electron chi connectivity index (χ1n) is 6.14. The number of benzene rings is 1. The number of hydrogen-bond donors (Lipinski definition) is 0. The van der Waals surface area contributed by atoms with E-state index < -0.39 is 15.6 Å². The monoisotopic (exact) mass is 347 g/mol. The van der Waals surface area contributed by atoms with Gasteiger partial charge in [-0.3, -0.25) is 0 Å². The molecule has 1 aromatic carbocycles. The minimum absolute atomic E-state index is 0.123. The summed E-state index contributed by atoms with van der Waals surface area (Å²) in [4.78, 5) is 0.334.